The zero-order chi connectivity index (χ0) is 16.7. The summed E-state index contributed by atoms with van der Waals surface area (Å²) in [6.07, 6.45) is 13.7. The average Bonchev–Trinajstić information content (AvgIpc) is 2.88. The predicted molar refractivity (Wildman–Crippen MR) is 106 cm³/mol. The van der Waals surface area contributed by atoms with E-state index in [0.29, 0.717) is 23.0 Å². The molecule has 2 rings (SSSR count). The molecule has 0 fully saturated rings. The molecule has 3 atom stereocenters. The van der Waals surface area contributed by atoms with Crippen LogP contribution in [0.4, 0.5) is 0 Å². The highest BCUT2D eigenvalue weighted by Crippen LogP contribution is 2.43. The first-order valence-corrected chi connectivity index (χ1v) is 9.40. The van der Waals surface area contributed by atoms with Crippen molar-refractivity contribution >= 4 is 11.8 Å². The summed E-state index contributed by atoms with van der Waals surface area (Å²) in [7, 11) is 0. The normalized spacial score (nSPS) is 25.3. The van der Waals surface area contributed by atoms with E-state index in [9.17, 15) is 0 Å². The minimum atomic E-state index is 0. The van der Waals surface area contributed by atoms with E-state index < -0.39 is 0 Å². The molecule has 3 unspecified atom stereocenters. The number of hydrogen-bond acceptors (Lipinski definition) is 1. The van der Waals surface area contributed by atoms with E-state index in [1.54, 1.807) is 0 Å². The molecule has 1 heterocycles. The highest BCUT2D eigenvalue weighted by Gasteiger charge is 2.25. The van der Waals surface area contributed by atoms with E-state index in [1.807, 2.05) is 17.8 Å². The van der Waals surface area contributed by atoms with E-state index in [2.05, 4.69) is 72.1 Å². The Morgan fingerprint density at radius 1 is 1.36 bits per heavy atom. The minimum absolute atomic E-state index is 0. The van der Waals surface area contributed by atoms with Gasteiger partial charge in [0.05, 0.1) is 5.25 Å². The van der Waals surface area contributed by atoms with Crippen molar-refractivity contribution in [3.8, 4) is 0 Å². The predicted octanol–water partition coefficient (Wildman–Crippen LogP) is 7.18. The van der Waals surface area contributed by atoms with Crippen molar-refractivity contribution in [3.05, 3.63) is 59.6 Å². The first-order chi connectivity index (χ1) is 10.4. The van der Waals surface area contributed by atoms with Gasteiger partial charge in [0.1, 0.15) is 0 Å². The second-order valence-electron chi connectivity index (χ2n) is 6.54. The third-order valence-corrected chi connectivity index (χ3v) is 5.63. The number of allylic oxidation sites excluding steroid dienone is 6. The van der Waals surface area contributed by atoms with Gasteiger partial charge in [-0.3, -0.25) is 0 Å². The quantitative estimate of drug-likeness (QED) is 0.494. The third kappa shape index (κ3) is 5.05. The summed E-state index contributed by atoms with van der Waals surface area (Å²) < 4.78 is 0. The molecule has 0 spiro atoms. The highest BCUT2D eigenvalue weighted by atomic mass is 32.2. The molecule has 2 aliphatic rings. The van der Waals surface area contributed by atoms with Gasteiger partial charge in [-0.1, -0.05) is 71.9 Å². The Morgan fingerprint density at radius 2 is 2.00 bits per heavy atom. The summed E-state index contributed by atoms with van der Waals surface area (Å²) in [6.45, 7) is 19.1. The second kappa shape index (κ2) is 9.25. The molecule has 124 valence electrons. The standard InChI is InChI=1S/C18H24S.C3H8.H2/c1-6-17-13(4)11-18(19-17)16-9-7-15(8-10-16)14(5)12(2)3;1-3-2;/h6-9,11-12,14,16-17H,1,4,10H2,2-3,5H3;3H2,1-2H3;1H. The molecule has 1 aliphatic carbocycles. The van der Waals surface area contributed by atoms with Crippen LogP contribution in [0.1, 0.15) is 48.9 Å². The second-order valence-corrected chi connectivity index (χ2v) is 7.76. The lowest BCUT2D eigenvalue weighted by atomic mass is 9.84. The van der Waals surface area contributed by atoms with E-state index in [0.717, 1.165) is 6.42 Å². The summed E-state index contributed by atoms with van der Waals surface area (Å²) in [5.41, 5.74) is 2.68. The molecule has 0 saturated carbocycles. The fourth-order valence-electron chi connectivity index (χ4n) is 2.49. The fraction of sp³-hybridized carbons (Fsp3) is 0.524. The topological polar surface area (TPSA) is 0 Å². The molecule has 0 radical (unpaired) electrons. The van der Waals surface area contributed by atoms with Crippen LogP contribution in [0.3, 0.4) is 0 Å². The highest BCUT2D eigenvalue weighted by molar-refractivity contribution is 8.04. The minimum Gasteiger partial charge on any atom is -0.118 e. The van der Waals surface area contributed by atoms with Gasteiger partial charge in [-0.25, -0.2) is 0 Å². The number of hydrogen-bond donors (Lipinski definition) is 0. The Kier molecular flexibility index (Phi) is 8.03. The van der Waals surface area contributed by atoms with Crippen LogP contribution >= 0.6 is 11.8 Å². The lowest BCUT2D eigenvalue weighted by molar-refractivity contribution is 0.483. The van der Waals surface area contributed by atoms with Crippen LogP contribution in [0, 0.1) is 17.8 Å². The molecular weight excluding hydrogens is 284 g/mol. The van der Waals surface area contributed by atoms with Crippen molar-refractivity contribution < 1.29 is 1.43 Å². The molecule has 0 bridgehead atoms. The summed E-state index contributed by atoms with van der Waals surface area (Å²) >= 11 is 1.90. The number of rotatable bonds is 4. The summed E-state index contributed by atoms with van der Waals surface area (Å²) in [6, 6.07) is 0. The van der Waals surface area contributed by atoms with Crippen LogP contribution < -0.4 is 0 Å². The first-order valence-electron chi connectivity index (χ1n) is 8.52. The van der Waals surface area contributed by atoms with Gasteiger partial charge in [-0.05, 0) is 40.4 Å². The van der Waals surface area contributed by atoms with Gasteiger partial charge in [0.15, 0.2) is 0 Å². The molecule has 0 aromatic heterocycles. The van der Waals surface area contributed by atoms with E-state index >= 15 is 0 Å². The molecule has 0 amide bonds. The van der Waals surface area contributed by atoms with Crippen LogP contribution in [-0.4, -0.2) is 5.25 Å². The van der Waals surface area contributed by atoms with Crippen LogP contribution in [0.5, 0.6) is 0 Å². The van der Waals surface area contributed by atoms with Gasteiger partial charge in [-0.2, -0.15) is 0 Å². The molecule has 0 saturated heterocycles. The molecule has 22 heavy (non-hydrogen) atoms. The van der Waals surface area contributed by atoms with E-state index in [-0.39, 0.29) is 1.43 Å². The van der Waals surface area contributed by atoms with Gasteiger partial charge in [0.25, 0.3) is 0 Å². The SMILES string of the molecule is C=CC1SC(C2C=CC(C(C)C(C)C)=CC2)=CC1=C.CCC.[HH]. The van der Waals surface area contributed by atoms with E-state index in [1.165, 1.54) is 22.5 Å². The van der Waals surface area contributed by atoms with Crippen molar-refractivity contribution in [2.45, 2.75) is 52.7 Å². The van der Waals surface area contributed by atoms with Crippen molar-refractivity contribution in [2.24, 2.45) is 17.8 Å². The molecule has 0 aromatic carbocycles. The molecular formula is C21H34S. The maximum Gasteiger partial charge on any atom is 0.0513 e. The maximum atomic E-state index is 4.11. The van der Waals surface area contributed by atoms with Gasteiger partial charge in [-0.15, -0.1) is 18.3 Å². The fourth-order valence-corrected chi connectivity index (χ4v) is 3.66. The van der Waals surface area contributed by atoms with Gasteiger partial charge in [0.2, 0.25) is 0 Å². The Labute approximate surface area is 143 Å². The van der Waals surface area contributed by atoms with Gasteiger partial charge in [0, 0.05) is 7.34 Å². The largest absolute Gasteiger partial charge is 0.118 e. The van der Waals surface area contributed by atoms with Crippen LogP contribution in [-0.2, 0) is 0 Å². The number of thioether (sulfide) groups is 1. The van der Waals surface area contributed by atoms with Gasteiger partial charge >= 0.3 is 0 Å². The molecule has 0 N–H and O–H groups in total. The zero-order valence-corrected chi connectivity index (χ0v) is 15.7. The Morgan fingerprint density at radius 3 is 2.41 bits per heavy atom. The van der Waals surface area contributed by atoms with E-state index in [4.69, 9.17) is 0 Å². The average molecular weight is 319 g/mol. The van der Waals surface area contributed by atoms with Crippen molar-refractivity contribution in [3.63, 3.8) is 0 Å². The molecule has 0 nitrogen and oxygen atoms in total. The summed E-state index contributed by atoms with van der Waals surface area (Å²) in [4.78, 5) is 1.44. The smallest absolute Gasteiger partial charge is 0.0513 e. The van der Waals surface area contributed by atoms with Crippen molar-refractivity contribution in [1.29, 1.82) is 0 Å². The Balaban J connectivity index is 0.00000112. The molecule has 1 aliphatic heterocycles. The molecule has 0 aromatic rings. The molecule has 1 heteroatoms. The first kappa shape index (κ1) is 19.1. The summed E-state index contributed by atoms with van der Waals surface area (Å²) in [5.74, 6) is 1.89. The maximum absolute atomic E-state index is 4.11. The lowest BCUT2D eigenvalue weighted by Gasteiger charge is -2.23. The Bertz CT molecular complexity index is 482. The van der Waals surface area contributed by atoms with Crippen molar-refractivity contribution in [1.82, 2.24) is 0 Å². The van der Waals surface area contributed by atoms with Crippen LogP contribution in [0.15, 0.2) is 59.6 Å². The van der Waals surface area contributed by atoms with Crippen LogP contribution in [0.2, 0.25) is 0 Å². The third-order valence-electron chi connectivity index (χ3n) is 4.19. The Hall–Kier alpha value is -0.950. The zero-order valence-electron chi connectivity index (χ0n) is 14.9. The monoisotopic (exact) mass is 318 g/mol. The van der Waals surface area contributed by atoms with Crippen LogP contribution in [0.25, 0.3) is 0 Å². The summed E-state index contributed by atoms with van der Waals surface area (Å²) in [5, 5.41) is 0.378. The lowest BCUT2D eigenvalue weighted by Crippen LogP contribution is -2.10. The van der Waals surface area contributed by atoms with Gasteiger partial charge < -0.3 is 0 Å². The van der Waals surface area contributed by atoms with Crippen molar-refractivity contribution in [2.75, 3.05) is 0 Å².